The van der Waals surface area contributed by atoms with E-state index in [4.69, 9.17) is 11.6 Å². The van der Waals surface area contributed by atoms with E-state index < -0.39 is 0 Å². The van der Waals surface area contributed by atoms with E-state index in [2.05, 4.69) is 25.1 Å². The first-order chi connectivity index (χ1) is 7.31. The van der Waals surface area contributed by atoms with Crippen molar-refractivity contribution < 1.29 is 0 Å². The van der Waals surface area contributed by atoms with Crippen molar-refractivity contribution in [1.29, 1.82) is 0 Å². The maximum Gasteiger partial charge on any atom is 0.0588 e. The molecule has 0 aromatic heterocycles. The largest absolute Gasteiger partial charge is 0.118 e. The van der Waals surface area contributed by atoms with E-state index in [0.717, 1.165) is 6.42 Å². The van der Waals surface area contributed by atoms with E-state index in [1.807, 2.05) is 0 Å². The molecular weight excluding hydrogens is 204 g/mol. The van der Waals surface area contributed by atoms with E-state index >= 15 is 0 Å². The minimum absolute atomic E-state index is 0.260. The maximum absolute atomic E-state index is 6.35. The molecule has 1 aromatic rings. The molecule has 1 heteroatoms. The number of unbranched alkanes of at least 4 members (excludes halogenated alkanes) is 1. The lowest BCUT2D eigenvalue weighted by molar-refractivity contribution is 0.665. The fraction of sp³-hybridized carbons (Fsp3) is 0.571. The fourth-order valence-electron chi connectivity index (χ4n) is 2.33. The fourth-order valence-corrected chi connectivity index (χ4v) is 2.68. The van der Waals surface area contributed by atoms with Crippen LogP contribution in [-0.4, -0.2) is 0 Å². The minimum Gasteiger partial charge on any atom is -0.118 e. The molecule has 0 saturated carbocycles. The Morgan fingerprint density at radius 3 is 3.07 bits per heavy atom. The highest BCUT2D eigenvalue weighted by Crippen LogP contribution is 2.35. The summed E-state index contributed by atoms with van der Waals surface area (Å²) in [5.74, 6) is 0. The smallest absolute Gasteiger partial charge is 0.0588 e. The second-order valence-corrected chi connectivity index (χ2v) is 5.02. The number of fused-ring (bicyclic) bond motifs is 1. The van der Waals surface area contributed by atoms with Crippen LogP contribution in [0.1, 0.15) is 54.7 Å². The standard InChI is InChI=1S/C14H19Cl/c1-2-3-5-11-8-9-12-6-4-7-14(15)13(12)10-11/h8-10,14H,2-7H2,1H3. The third kappa shape index (κ3) is 2.55. The van der Waals surface area contributed by atoms with Gasteiger partial charge in [0.1, 0.15) is 0 Å². The van der Waals surface area contributed by atoms with Gasteiger partial charge in [0.15, 0.2) is 0 Å². The molecule has 0 radical (unpaired) electrons. The van der Waals surface area contributed by atoms with Crippen LogP contribution in [-0.2, 0) is 12.8 Å². The SMILES string of the molecule is CCCCc1ccc2c(c1)C(Cl)CCC2. The molecular formula is C14H19Cl. The van der Waals surface area contributed by atoms with E-state index in [1.165, 1.54) is 48.8 Å². The lowest BCUT2D eigenvalue weighted by atomic mass is 9.89. The van der Waals surface area contributed by atoms with Crippen molar-refractivity contribution in [3.8, 4) is 0 Å². The second-order valence-electron chi connectivity index (χ2n) is 4.50. The van der Waals surface area contributed by atoms with Crippen molar-refractivity contribution in [1.82, 2.24) is 0 Å². The highest BCUT2D eigenvalue weighted by Gasteiger charge is 2.17. The van der Waals surface area contributed by atoms with Gasteiger partial charge in [-0.15, -0.1) is 11.6 Å². The molecule has 0 saturated heterocycles. The van der Waals surface area contributed by atoms with Crippen LogP contribution in [0.4, 0.5) is 0 Å². The predicted molar refractivity (Wildman–Crippen MR) is 66.6 cm³/mol. The Morgan fingerprint density at radius 1 is 1.40 bits per heavy atom. The van der Waals surface area contributed by atoms with Gasteiger partial charge in [-0.25, -0.2) is 0 Å². The van der Waals surface area contributed by atoms with E-state index in [-0.39, 0.29) is 5.38 Å². The number of hydrogen-bond donors (Lipinski definition) is 0. The topological polar surface area (TPSA) is 0 Å². The molecule has 1 aliphatic carbocycles. The van der Waals surface area contributed by atoms with Crippen molar-refractivity contribution >= 4 is 11.6 Å². The van der Waals surface area contributed by atoms with Crippen molar-refractivity contribution in [3.63, 3.8) is 0 Å². The van der Waals surface area contributed by atoms with Crippen molar-refractivity contribution in [2.24, 2.45) is 0 Å². The van der Waals surface area contributed by atoms with Gasteiger partial charge in [-0.1, -0.05) is 31.5 Å². The van der Waals surface area contributed by atoms with Crippen LogP contribution in [0.15, 0.2) is 18.2 Å². The van der Waals surface area contributed by atoms with Crippen LogP contribution >= 0.6 is 11.6 Å². The van der Waals surface area contributed by atoms with Crippen LogP contribution in [0, 0.1) is 0 Å². The summed E-state index contributed by atoms with van der Waals surface area (Å²) in [7, 11) is 0. The van der Waals surface area contributed by atoms with Crippen molar-refractivity contribution in [2.45, 2.75) is 50.8 Å². The van der Waals surface area contributed by atoms with Gasteiger partial charge in [0.05, 0.1) is 5.38 Å². The molecule has 0 nitrogen and oxygen atoms in total. The average Bonchev–Trinajstić information content (AvgIpc) is 2.27. The van der Waals surface area contributed by atoms with Gasteiger partial charge in [0, 0.05) is 0 Å². The van der Waals surface area contributed by atoms with Gasteiger partial charge in [-0.2, -0.15) is 0 Å². The minimum atomic E-state index is 0.260. The molecule has 0 spiro atoms. The Kier molecular flexibility index (Phi) is 3.69. The van der Waals surface area contributed by atoms with Gasteiger partial charge in [-0.05, 0) is 48.8 Å². The molecule has 0 fully saturated rings. The molecule has 1 aromatic carbocycles. The average molecular weight is 223 g/mol. The second kappa shape index (κ2) is 5.03. The molecule has 0 aliphatic heterocycles. The normalized spacial score (nSPS) is 20.0. The van der Waals surface area contributed by atoms with Crippen molar-refractivity contribution in [2.75, 3.05) is 0 Å². The number of rotatable bonds is 3. The molecule has 0 bridgehead atoms. The predicted octanol–water partition coefficient (Wildman–Crippen LogP) is 4.65. The van der Waals surface area contributed by atoms with E-state index in [0.29, 0.717) is 0 Å². The zero-order valence-electron chi connectivity index (χ0n) is 9.43. The molecule has 1 unspecified atom stereocenters. The summed E-state index contributed by atoms with van der Waals surface area (Å²) in [5, 5.41) is 0.260. The lowest BCUT2D eigenvalue weighted by Gasteiger charge is -2.21. The van der Waals surface area contributed by atoms with Crippen LogP contribution < -0.4 is 0 Å². The van der Waals surface area contributed by atoms with E-state index in [1.54, 1.807) is 0 Å². The molecule has 82 valence electrons. The Bertz CT molecular complexity index is 330. The van der Waals surface area contributed by atoms with Crippen molar-refractivity contribution in [3.05, 3.63) is 34.9 Å². The third-order valence-corrected chi connectivity index (χ3v) is 3.72. The number of aryl methyl sites for hydroxylation is 2. The Balaban J connectivity index is 2.19. The summed E-state index contributed by atoms with van der Waals surface area (Å²) in [4.78, 5) is 0. The van der Waals surface area contributed by atoms with Crippen LogP contribution in [0.2, 0.25) is 0 Å². The lowest BCUT2D eigenvalue weighted by Crippen LogP contribution is -2.05. The Morgan fingerprint density at radius 2 is 2.27 bits per heavy atom. The van der Waals surface area contributed by atoms with Gasteiger partial charge in [-0.3, -0.25) is 0 Å². The first-order valence-corrected chi connectivity index (χ1v) is 6.50. The third-order valence-electron chi connectivity index (χ3n) is 3.27. The number of alkyl halides is 1. The van der Waals surface area contributed by atoms with Crippen LogP contribution in [0.25, 0.3) is 0 Å². The van der Waals surface area contributed by atoms with Crippen LogP contribution in [0.3, 0.4) is 0 Å². The molecule has 0 N–H and O–H groups in total. The first kappa shape index (κ1) is 11.0. The molecule has 2 rings (SSSR count). The Hall–Kier alpha value is -0.490. The monoisotopic (exact) mass is 222 g/mol. The summed E-state index contributed by atoms with van der Waals surface area (Å²) >= 11 is 6.35. The number of halogens is 1. The zero-order valence-corrected chi connectivity index (χ0v) is 10.2. The summed E-state index contributed by atoms with van der Waals surface area (Å²) in [5.41, 5.74) is 4.33. The van der Waals surface area contributed by atoms with Gasteiger partial charge < -0.3 is 0 Å². The van der Waals surface area contributed by atoms with Crippen LogP contribution in [0.5, 0.6) is 0 Å². The summed E-state index contributed by atoms with van der Waals surface area (Å²) in [6.07, 6.45) is 7.36. The maximum atomic E-state index is 6.35. The first-order valence-electron chi connectivity index (χ1n) is 6.07. The van der Waals surface area contributed by atoms with Gasteiger partial charge in [0.2, 0.25) is 0 Å². The molecule has 1 aliphatic rings. The van der Waals surface area contributed by atoms with Gasteiger partial charge >= 0.3 is 0 Å². The zero-order chi connectivity index (χ0) is 10.7. The molecule has 0 heterocycles. The van der Waals surface area contributed by atoms with E-state index in [9.17, 15) is 0 Å². The molecule has 0 amide bonds. The number of benzene rings is 1. The summed E-state index contributed by atoms with van der Waals surface area (Å²) in [6, 6.07) is 6.90. The summed E-state index contributed by atoms with van der Waals surface area (Å²) < 4.78 is 0. The highest BCUT2D eigenvalue weighted by atomic mass is 35.5. The molecule has 15 heavy (non-hydrogen) atoms. The highest BCUT2D eigenvalue weighted by molar-refractivity contribution is 6.21. The van der Waals surface area contributed by atoms with Gasteiger partial charge in [0.25, 0.3) is 0 Å². The Labute approximate surface area is 97.6 Å². The number of hydrogen-bond acceptors (Lipinski definition) is 0. The summed E-state index contributed by atoms with van der Waals surface area (Å²) in [6.45, 7) is 2.24. The quantitative estimate of drug-likeness (QED) is 0.654. The molecule has 1 atom stereocenters.